The summed E-state index contributed by atoms with van der Waals surface area (Å²) < 4.78 is 50.7. The van der Waals surface area contributed by atoms with Gasteiger partial charge in [0.25, 0.3) is 0 Å². The van der Waals surface area contributed by atoms with Crippen LogP contribution in [-0.4, -0.2) is 45.2 Å². The zero-order valence-corrected chi connectivity index (χ0v) is 15.3. The molecule has 0 spiro atoms. The van der Waals surface area contributed by atoms with E-state index < -0.39 is 25.4 Å². The van der Waals surface area contributed by atoms with Gasteiger partial charge in [-0.25, -0.2) is 16.8 Å². The largest absolute Gasteiger partial charge is 0.243 e. The fraction of sp³-hybridized carbons (Fsp3) is 0.600. The molecule has 0 amide bonds. The molecule has 2 rings (SSSR count). The molecule has 1 atom stereocenters. The van der Waals surface area contributed by atoms with Gasteiger partial charge in [-0.2, -0.15) is 4.31 Å². The van der Waals surface area contributed by atoms with Gasteiger partial charge in [-0.15, -0.1) is 0 Å². The minimum absolute atomic E-state index is 0.0370. The lowest BCUT2D eigenvalue weighted by molar-refractivity contribution is 0.272. The van der Waals surface area contributed by atoms with Crippen LogP contribution in [0.2, 0.25) is 0 Å². The highest BCUT2D eigenvalue weighted by Gasteiger charge is 2.46. The molecule has 0 aromatic heterocycles. The molecule has 1 aliphatic heterocycles. The standard InChI is InChI=1S/C15H23NO4S2/c1-11-8-13(3)14(9-12(11)2)22(19,20)16(5)15(4)6-7-21(17,18)10-15/h8-9H,6-7,10H2,1-5H3/t15-/m1/s1. The Kier molecular flexibility index (Phi) is 4.21. The third-order valence-corrected chi connectivity index (χ3v) is 8.72. The number of hydrogen-bond donors (Lipinski definition) is 0. The SMILES string of the molecule is Cc1cc(C)c(S(=O)(=O)N(C)[C@]2(C)CCS(=O)(=O)C2)cc1C. The van der Waals surface area contributed by atoms with Crippen LogP contribution in [0.4, 0.5) is 0 Å². The summed E-state index contributed by atoms with van der Waals surface area (Å²) in [4.78, 5) is 0.253. The van der Waals surface area contributed by atoms with E-state index in [1.807, 2.05) is 19.9 Å². The second-order valence-corrected chi connectivity index (χ2v) is 10.6. The molecule has 1 aromatic rings. The summed E-state index contributed by atoms with van der Waals surface area (Å²) in [5.74, 6) is -0.0884. The summed E-state index contributed by atoms with van der Waals surface area (Å²) in [5, 5.41) is 0. The lowest BCUT2D eigenvalue weighted by Crippen LogP contribution is -2.48. The zero-order valence-electron chi connectivity index (χ0n) is 13.7. The van der Waals surface area contributed by atoms with Crippen molar-refractivity contribution in [2.45, 2.75) is 44.6 Å². The van der Waals surface area contributed by atoms with Gasteiger partial charge in [0.2, 0.25) is 10.0 Å². The number of benzene rings is 1. The van der Waals surface area contributed by atoms with E-state index in [0.29, 0.717) is 12.0 Å². The Hall–Kier alpha value is -0.920. The summed E-state index contributed by atoms with van der Waals surface area (Å²) in [6, 6.07) is 3.52. The molecule has 0 aliphatic carbocycles. The highest BCUT2D eigenvalue weighted by molar-refractivity contribution is 7.92. The number of rotatable bonds is 3. The molecule has 1 heterocycles. The van der Waals surface area contributed by atoms with E-state index >= 15 is 0 Å². The van der Waals surface area contributed by atoms with E-state index in [0.717, 1.165) is 11.1 Å². The van der Waals surface area contributed by atoms with Gasteiger partial charge in [0.15, 0.2) is 9.84 Å². The number of aryl methyl sites for hydroxylation is 3. The molecule has 0 bridgehead atoms. The van der Waals surface area contributed by atoms with Crippen LogP contribution in [0, 0.1) is 20.8 Å². The third-order valence-electron chi connectivity index (χ3n) is 4.67. The van der Waals surface area contributed by atoms with Crippen molar-refractivity contribution >= 4 is 19.9 Å². The van der Waals surface area contributed by atoms with Crippen molar-refractivity contribution in [3.8, 4) is 0 Å². The highest BCUT2D eigenvalue weighted by atomic mass is 32.2. The van der Waals surface area contributed by atoms with Crippen LogP contribution in [0.5, 0.6) is 0 Å². The molecule has 1 fully saturated rings. The molecule has 124 valence electrons. The van der Waals surface area contributed by atoms with Gasteiger partial charge in [0.1, 0.15) is 0 Å². The van der Waals surface area contributed by atoms with Crippen molar-refractivity contribution in [1.29, 1.82) is 0 Å². The predicted octanol–water partition coefficient (Wildman–Crippen LogP) is 1.81. The van der Waals surface area contributed by atoms with Crippen molar-refractivity contribution in [3.05, 3.63) is 28.8 Å². The van der Waals surface area contributed by atoms with Crippen LogP contribution >= 0.6 is 0 Å². The maximum atomic E-state index is 13.0. The van der Waals surface area contributed by atoms with Crippen LogP contribution in [0.1, 0.15) is 30.0 Å². The number of sulfone groups is 1. The molecule has 22 heavy (non-hydrogen) atoms. The van der Waals surface area contributed by atoms with E-state index in [2.05, 4.69) is 0 Å². The van der Waals surface area contributed by atoms with E-state index in [9.17, 15) is 16.8 Å². The van der Waals surface area contributed by atoms with Crippen molar-refractivity contribution in [2.75, 3.05) is 18.6 Å². The van der Waals surface area contributed by atoms with E-state index in [1.165, 1.54) is 11.4 Å². The zero-order chi connectivity index (χ0) is 16.9. The molecule has 1 aliphatic rings. The monoisotopic (exact) mass is 345 g/mol. The van der Waals surface area contributed by atoms with Crippen LogP contribution in [0.15, 0.2) is 17.0 Å². The summed E-state index contributed by atoms with van der Waals surface area (Å²) in [6.45, 7) is 7.27. The van der Waals surface area contributed by atoms with E-state index in [1.54, 1.807) is 19.9 Å². The first-order valence-electron chi connectivity index (χ1n) is 7.16. The molecule has 0 unspecified atom stereocenters. The second kappa shape index (κ2) is 5.32. The highest BCUT2D eigenvalue weighted by Crippen LogP contribution is 2.34. The Labute approximate surface area is 133 Å². The molecule has 1 aromatic carbocycles. The lowest BCUT2D eigenvalue weighted by atomic mass is 10.0. The molecule has 7 heteroatoms. The Morgan fingerprint density at radius 1 is 1.09 bits per heavy atom. The van der Waals surface area contributed by atoms with Gasteiger partial charge in [0, 0.05) is 12.6 Å². The van der Waals surface area contributed by atoms with Crippen LogP contribution < -0.4 is 0 Å². The Balaban J connectivity index is 2.50. The van der Waals surface area contributed by atoms with Gasteiger partial charge in [-0.05, 0) is 56.9 Å². The van der Waals surface area contributed by atoms with Crippen molar-refractivity contribution < 1.29 is 16.8 Å². The van der Waals surface area contributed by atoms with Gasteiger partial charge in [-0.1, -0.05) is 6.07 Å². The fourth-order valence-corrected chi connectivity index (χ4v) is 6.98. The summed E-state index contributed by atoms with van der Waals surface area (Å²) >= 11 is 0. The average molecular weight is 345 g/mol. The predicted molar refractivity (Wildman–Crippen MR) is 87.3 cm³/mol. The summed E-state index contributed by atoms with van der Waals surface area (Å²) in [5.41, 5.74) is 1.73. The average Bonchev–Trinajstić information content (AvgIpc) is 2.68. The summed E-state index contributed by atoms with van der Waals surface area (Å²) in [7, 11) is -5.43. The van der Waals surface area contributed by atoms with Gasteiger partial charge >= 0.3 is 0 Å². The molecule has 0 saturated carbocycles. The van der Waals surface area contributed by atoms with Gasteiger partial charge in [0.05, 0.1) is 16.4 Å². The third kappa shape index (κ3) is 2.94. The van der Waals surface area contributed by atoms with E-state index in [-0.39, 0.29) is 16.4 Å². The Morgan fingerprint density at radius 2 is 1.64 bits per heavy atom. The molecule has 0 N–H and O–H groups in total. The second-order valence-electron chi connectivity index (χ2n) is 6.51. The fourth-order valence-electron chi connectivity index (χ4n) is 2.89. The maximum Gasteiger partial charge on any atom is 0.243 e. The van der Waals surface area contributed by atoms with Crippen molar-refractivity contribution in [2.24, 2.45) is 0 Å². The minimum Gasteiger partial charge on any atom is -0.229 e. The summed E-state index contributed by atoms with van der Waals surface area (Å²) in [6.07, 6.45) is 0.328. The smallest absolute Gasteiger partial charge is 0.229 e. The topological polar surface area (TPSA) is 71.5 Å². The number of sulfonamides is 1. The van der Waals surface area contributed by atoms with Crippen molar-refractivity contribution in [1.82, 2.24) is 4.31 Å². The van der Waals surface area contributed by atoms with Crippen LogP contribution in [0.3, 0.4) is 0 Å². The first-order valence-corrected chi connectivity index (χ1v) is 10.4. The maximum absolute atomic E-state index is 13.0. The lowest BCUT2D eigenvalue weighted by Gasteiger charge is -2.33. The normalized spacial score (nSPS) is 24.8. The number of nitrogens with zero attached hydrogens (tertiary/aromatic N) is 1. The molecular formula is C15H23NO4S2. The first kappa shape index (κ1) is 17.4. The van der Waals surface area contributed by atoms with Crippen LogP contribution in [0.25, 0.3) is 0 Å². The molecule has 1 saturated heterocycles. The van der Waals surface area contributed by atoms with E-state index in [4.69, 9.17) is 0 Å². The molecule has 0 radical (unpaired) electrons. The quantitative estimate of drug-likeness (QED) is 0.837. The Bertz CT molecular complexity index is 812. The first-order chi connectivity index (χ1) is 9.89. The minimum atomic E-state index is -3.73. The Morgan fingerprint density at radius 3 is 2.14 bits per heavy atom. The van der Waals surface area contributed by atoms with Crippen molar-refractivity contribution in [3.63, 3.8) is 0 Å². The molecular weight excluding hydrogens is 322 g/mol. The molecule has 5 nitrogen and oxygen atoms in total. The van der Waals surface area contributed by atoms with Gasteiger partial charge in [-0.3, -0.25) is 0 Å². The van der Waals surface area contributed by atoms with Gasteiger partial charge < -0.3 is 0 Å². The number of hydrogen-bond acceptors (Lipinski definition) is 4. The van der Waals surface area contributed by atoms with Crippen LogP contribution in [-0.2, 0) is 19.9 Å².